The molecule has 0 bridgehead atoms. The molecule has 0 aromatic heterocycles. The third-order valence-electron chi connectivity index (χ3n) is 3.64. The van der Waals surface area contributed by atoms with E-state index >= 15 is 0 Å². The van der Waals surface area contributed by atoms with Crippen LogP contribution in [0.2, 0.25) is 0 Å². The smallest absolute Gasteiger partial charge is 0.0690 e. The monoisotopic (exact) mass is 214 g/mol. The summed E-state index contributed by atoms with van der Waals surface area (Å²) in [5, 5.41) is 9.73. The number of aliphatic hydroxyl groups excluding tert-OH is 1. The zero-order valence-electron chi connectivity index (χ0n) is 10.4. The van der Waals surface area contributed by atoms with Crippen LogP contribution in [-0.4, -0.2) is 60.3 Å². The van der Waals surface area contributed by atoms with Crippen LogP contribution in [0.3, 0.4) is 0 Å². The van der Waals surface area contributed by atoms with Gasteiger partial charge in [0.2, 0.25) is 0 Å². The molecule has 1 heterocycles. The predicted molar refractivity (Wildman–Crippen MR) is 64.1 cm³/mol. The molecule has 1 saturated heterocycles. The highest BCUT2D eigenvalue weighted by Gasteiger charge is 2.18. The van der Waals surface area contributed by atoms with Crippen molar-refractivity contribution in [2.24, 2.45) is 0 Å². The summed E-state index contributed by atoms with van der Waals surface area (Å²) in [6.45, 7) is 8.89. The fraction of sp³-hybridized carbons (Fsp3) is 1.00. The van der Waals surface area contributed by atoms with Gasteiger partial charge in [0.1, 0.15) is 0 Å². The number of hydrogen-bond donors (Lipinski definition) is 1. The Kier molecular flexibility index (Phi) is 5.58. The Hall–Kier alpha value is -0.120. The minimum Gasteiger partial charge on any atom is -0.392 e. The van der Waals surface area contributed by atoms with E-state index in [1.54, 1.807) is 0 Å². The first kappa shape index (κ1) is 12.9. The molecular weight excluding hydrogens is 188 g/mol. The highest BCUT2D eigenvalue weighted by atomic mass is 16.3. The Bertz CT molecular complexity index is 169. The van der Waals surface area contributed by atoms with Gasteiger partial charge in [-0.2, -0.15) is 0 Å². The largest absolute Gasteiger partial charge is 0.392 e. The molecule has 2 atom stereocenters. The van der Waals surface area contributed by atoms with Gasteiger partial charge in [-0.1, -0.05) is 6.92 Å². The van der Waals surface area contributed by atoms with Crippen LogP contribution >= 0.6 is 0 Å². The second kappa shape index (κ2) is 6.46. The van der Waals surface area contributed by atoms with E-state index in [1.165, 1.54) is 25.9 Å². The fourth-order valence-electron chi connectivity index (χ4n) is 2.14. The summed E-state index contributed by atoms with van der Waals surface area (Å²) < 4.78 is 0. The van der Waals surface area contributed by atoms with E-state index < -0.39 is 0 Å². The minimum atomic E-state index is -0.187. The lowest BCUT2D eigenvalue weighted by Gasteiger charge is -2.29. The van der Waals surface area contributed by atoms with Crippen LogP contribution < -0.4 is 0 Å². The molecule has 3 nitrogen and oxygen atoms in total. The first-order chi connectivity index (χ1) is 7.15. The first-order valence-corrected chi connectivity index (χ1v) is 6.25. The topological polar surface area (TPSA) is 26.7 Å². The molecule has 0 aromatic carbocycles. The van der Waals surface area contributed by atoms with Gasteiger partial charge < -0.3 is 10.0 Å². The molecule has 1 aliphatic heterocycles. The van der Waals surface area contributed by atoms with E-state index in [9.17, 15) is 5.11 Å². The molecule has 0 saturated carbocycles. The lowest BCUT2D eigenvalue weighted by molar-refractivity contribution is 0.0658. The van der Waals surface area contributed by atoms with Crippen LogP contribution in [0.25, 0.3) is 0 Å². The summed E-state index contributed by atoms with van der Waals surface area (Å²) in [6, 6.07) is 0.276. The molecule has 1 fully saturated rings. The van der Waals surface area contributed by atoms with E-state index in [0.29, 0.717) is 0 Å². The SMILES string of the molecule is CCC(O)C(C)N(C)CCN1CCCC1. The number of rotatable bonds is 6. The Morgan fingerprint density at radius 1 is 1.33 bits per heavy atom. The zero-order valence-corrected chi connectivity index (χ0v) is 10.4. The van der Waals surface area contributed by atoms with Gasteiger partial charge in [-0.15, -0.1) is 0 Å². The quantitative estimate of drug-likeness (QED) is 0.719. The maximum atomic E-state index is 9.73. The number of aliphatic hydroxyl groups is 1. The Morgan fingerprint density at radius 2 is 1.93 bits per heavy atom. The third kappa shape index (κ3) is 4.09. The highest BCUT2D eigenvalue weighted by Crippen LogP contribution is 2.09. The van der Waals surface area contributed by atoms with Crippen molar-refractivity contribution >= 4 is 0 Å². The zero-order chi connectivity index (χ0) is 11.3. The van der Waals surface area contributed by atoms with Gasteiger partial charge in [-0.25, -0.2) is 0 Å². The summed E-state index contributed by atoms with van der Waals surface area (Å²) in [7, 11) is 2.11. The highest BCUT2D eigenvalue weighted by molar-refractivity contribution is 4.74. The summed E-state index contributed by atoms with van der Waals surface area (Å²) >= 11 is 0. The van der Waals surface area contributed by atoms with Gasteiger partial charge >= 0.3 is 0 Å². The normalized spacial score (nSPS) is 22.2. The van der Waals surface area contributed by atoms with Gasteiger partial charge in [0.25, 0.3) is 0 Å². The average Bonchev–Trinajstić information content (AvgIpc) is 2.76. The summed E-state index contributed by atoms with van der Waals surface area (Å²) in [4.78, 5) is 4.79. The van der Waals surface area contributed by atoms with E-state index in [1.807, 2.05) is 6.92 Å². The lowest BCUT2D eigenvalue weighted by atomic mass is 10.1. The molecule has 1 N–H and O–H groups in total. The molecule has 90 valence electrons. The maximum Gasteiger partial charge on any atom is 0.0690 e. The second-order valence-electron chi connectivity index (χ2n) is 4.75. The van der Waals surface area contributed by atoms with Crippen molar-refractivity contribution in [3.63, 3.8) is 0 Å². The Balaban J connectivity index is 2.19. The van der Waals surface area contributed by atoms with E-state index in [2.05, 4.69) is 23.8 Å². The van der Waals surface area contributed by atoms with Crippen LogP contribution in [0.1, 0.15) is 33.1 Å². The van der Waals surface area contributed by atoms with Crippen LogP contribution in [0.4, 0.5) is 0 Å². The molecule has 0 aromatic rings. The molecular formula is C12H26N2O. The van der Waals surface area contributed by atoms with Crippen LogP contribution in [0.5, 0.6) is 0 Å². The van der Waals surface area contributed by atoms with Crippen molar-refractivity contribution in [1.82, 2.24) is 9.80 Å². The van der Waals surface area contributed by atoms with E-state index in [-0.39, 0.29) is 12.1 Å². The van der Waals surface area contributed by atoms with Gasteiger partial charge in [0, 0.05) is 19.1 Å². The van der Waals surface area contributed by atoms with Crippen molar-refractivity contribution in [3.8, 4) is 0 Å². The molecule has 1 aliphatic rings. The summed E-state index contributed by atoms with van der Waals surface area (Å²) in [6.07, 6.45) is 3.37. The fourth-order valence-corrected chi connectivity index (χ4v) is 2.14. The van der Waals surface area contributed by atoms with Crippen molar-refractivity contribution < 1.29 is 5.11 Å². The predicted octanol–water partition coefficient (Wildman–Crippen LogP) is 1.17. The Morgan fingerprint density at radius 3 is 2.47 bits per heavy atom. The molecule has 15 heavy (non-hydrogen) atoms. The lowest BCUT2D eigenvalue weighted by Crippen LogP contribution is -2.42. The van der Waals surface area contributed by atoms with Crippen LogP contribution in [0, 0.1) is 0 Å². The minimum absolute atomic E-state index is 0.187. The van der Waals surface area contributed by atoms with Crippen molar-refractivity contribution in [1.29, 1.82) is 0 Å². The molecule has 0 spiro atoms. The summed E-state index contributed by atoms with van der Waals surface area (Å²) in [5.41, 5.74) is 0. The van der Waals surface area contributed by atoms with Crippen molar-refractivity contribution in [2.75, 3.05) is 33.2 Å². The average molecular weight is 214 g/mol. The maximum absolute atomic E-state index is 9.73. The van der Waals surface area contributed by atoms with Gasteiger partial charge in [0.15, 0.2) is 0 Å². The van der Waals surface area contributed by atoms with Crippen LogP contribution in [-0.2, 0) is 0 Å². The van der Waals surface area contributed by atoms with E-state index in [4.69, 9.17) is 0 Å². The van der Waals surface area contributed by atoms with Crippen molar-refractivity contribution in [2.45, 2.75) is 45.3 Å². The first-order valence-electron chi connectivity index (χ1n) is 6.25. The standard InChI is InChI=1S/C12H26N2O/c1-4-12(15)11(2)13(3)9-10-14-7-5-6-8-14/h11-12,15H,4-10H2,1-3H3. The number of likely N-dealkylation sites (tertiary alicyclic amines) is 1. The second-order valence-corrected chi connectivity index (χ2v) is 4.75. The molecule has 0 radical (unpaired) electrons. The number of hydrogen-bond acceptors (Lipinski definition) is 3. The van der Waals surface area contributed by atoms with Gasteiger partial charge in [-0.05, 0) is 46.3 Å². The summed E-state index contributed by atoms with van der Waals surface area (Å²) in [5.74, 6) is 0. The molecule has 0 amide bonds. The van der Waals surface area contributed by atoms with Gasteiger partial charge in [-0.3, -0.25) is 4.90 Å². The molecule has 1 rings (SSSR count). The van der Waals surface area contributed by atoms with Crippen LogP contribution in [0.15, 0.2) is 0 Å². The molecule has 0 aliphatic carbocycles. The van der Waals surface area contributed by atoms with E-state index in [0.717, 1.165) is 19.5 Å². The third-order valence-corrected chi connectivity index (χ3v) is 3.64. The van der Waals surface area contributed by atoms with Gasteiger partial charge in [0.05, 0.1) is 6.10 Å². The molecule has 3 heteroatoms. The Labute approximate surface area is 94.1 Å². The number of nitrogens with zero attached hydrogens (tertiary/aromatic N) is 2. The van der Waals surface area contributed by atoms with Crippen molar-refractivity contribution in [3.05, 3.63) is 0 Å². The number of likely N-dealkylation sites (N-methyl/N-ethyl adjacent to an activating group) is 1. The molecule has 2 unspecified atom stereocenters.